The molecule has 0 atom stereocenters. The van der Waals surface area contributed by atoms with Crippen molar-refractivity contribution in [1.29, 1.82) is 0 Å². The standard InChI is InChI=1S/C9H11ClFNO/c1-6-4-7(11)5-8(10)9(6)13-3-2-12/h4-5H,2-3,12H2,1H3. The topological polar surface area (TPSA) is 35.2 Å². The zero-order valence-corrected chi connectivity index (χ0v) is 8.07. The van der Waals surface area contributed by atoms with Gasteiger partial charge in [-0.15, -0.1) is 0 Å². The molecule has 0 saturated heterocycles. The Labute approximate surface area is 81.4 Å². The third kappa shape index (κ3) is 2.57. The summed E-state index contributed by atoms with van der Waals surface area (Å²) >= 11 is 5.76. The zero-order chi connectivity index (χ0) is 9.84. The predicted octanol–water partition coefficient (Wildman–Crippen LogP) is 2.13. The van der Waals surface area contributed by atoms with Crippen molar-refractivity contribution in [2.24, 2.45) is 5.73 Å². The fourth-order valence-corrected chi connectivity index (χ4v) is 1.34. The summed E-state index contributed by atoms with van der Waals surface area (Å²) in [7, 11) is 0. The monoisotopic (exact) mass is 203 g/mol. The highest BCUT2D eigenvalue weighted by atomic mass is 35.5. The van der Waals surface area contributed by atoms with Gasteiger partial charge < -0.3 is 10.5 Å². The van der Waals surface area contributed by atoms with Gasteiger partial charge in [-0.3, -0.25) is 0 Å². The molecule has 0 fully saturated rings. The third-order valence-corrected chi connectivity index (χ3v) is 1.84. The van der Waals surface area contributed by atoms with E-state index in [1.54, 1.807) is 6.92 Å². The Bertz CT molecular complexity index is 281. The van der Waals surface area contributed by atoms with E-state index in [1.807, 2.05) is 0 Å². The average Bonchev–Trinajstić information content (AvgIpc) is 2.02. The summed E-state index contributed by atoms with van der Waals surface area (Å²) in [6.45, 7) is 2.53. The van der Waals surface area contributed by atoms with Crippen molar-refractivity contribution in [2.45, 2.75) is 6.92 Å². The first kappa shape index (κ1) is 10.3. The lowest BCUT2D eigenvalue weighted by molar-refractivity contribution is 0.325. The molecule has 4 heteroatoms. The Morgan fingerprint density at radius 2 is 2.23 bits per heavy atom. The molecule has 2 nitrogen and oxygen atoms in total. The number of nitrogens with two attached hydrogens (primary N) is 1. The molecule has 0 aliphatic rings. The van der Waals surface area contributed by atoms with Crippen LogP contribution in [0, 0.1) is 12.7 Å². The number of benzene rings is 1. The van der Waals surface area contributed by atoms with Crippen LogP contribution in [0.4, 0.5) is 4.39 Å². The SMILES string of the molecule is Cc1cc(F)cc(Cl)c1OCCN. The van der Waals surface area contributed by atoms with Crippen LogP contribution in [0.25, 0.3) is 0 Å². The largest absolute Gasteiger partial charge is 0.490 e. The summed E-state index contributed by atoms with van der Waals surface area (Å²) in [5, 5.41) is 0.283. The smallest absolute Gasteiger partial charge is 0.141 e. The Balaban J connectivity index is 2.92. The van der Waals surface area contributed by atoms with E-state index in [1.165, 1.54) is 12.1 Å². The molecule has 0 unspecified atom stereocenters. The Kier molecular flexibility index (Phi) is 3.51. The normalized spacial score (nSPS) is 10.2. The minimum Gasteiger partial charge on any atom is -0.490 e. The second-order valence-electron chi connectivity index (χ2n) is 2.67. The summed E-state index contributed by atoms with van der Waals surface area (Å²) in [4.78, 5) is 0. The third-order valence-electron chi connectivity index (χ3n) is 1.56. The van der Waals surface area contributed by atoms with Crippen LogP contribution in [-0.4, -0.2) is 13.2 Å². The van der Waals surface area contributed by atoms with Gasteiger partial charge in [-0.1, -0.05) is 11.6 Å². The summed E-state index contributed by atoms with van der Waals surface area (Å²) in [5.41, 5.74) is 5.94. The molecule has 0 bridgehead atoms. The lowest BCUT2D eigenvalue weighted by Gasteiger charge is -2.09. The number of hydrogen-bond donors (Lipinski definition) is 1. The fraction of sp³-hybridized carbons (Fsp3) is 0.333. The molecule has 0 spiro atoms. The molecule has 13 heavy (non-hydrogen) atoms. The molecule has 0 aliphatic heterocycles. The quantitative estimate of drug-likeness (QED) is 0.817. The van der Waals surface area contributed by atoms with Crippen LogP contribution in [-0.2, 0) is 0 Å². The van der Waals surface area contributed by atoms with E-state index in [-0.39, 0.29) is 10.8 Å². The number of hydrogen-bond acceptors (Lipinski definition) is 2. The molecule has 0 aliphatic carbocycles. The van der Waals surface area contributed by atoms with E-state index < -0.39 is 0 Å². The second kappa shape index (κ2) is 4.44. The zero-order valence-electron chi connectivity index (χ0n) is 7.31. The van der Waals surface area contributed by atoms with E-state index in [0.29, 0.717) is 24.5 Å². The molecular formula is C9H11ClFNO. The Morgan fingerprint density at radius 1 is 1.54 bits per heavy atom. The van der Waals surface area contributed by atoms with E-state index in [4.69, 9.17) is 22.1 Å². The molecule has 1 rings (SSSR count). The van der Waals surface area contributed by atoms with Gasteiger partial charge in [-0.05, 0) is 24.6 Å². The predicted molar refractivity (Wildman–Crippen MR) is 50.7 cm³/mol. The van der Waals surface area contributed by atoms with Crippen LogP contribution in [0.5, 0.6) is 5.75 Å². The van der Waals surface area contributed by atoms with Crippen LogP contribution >= 0.6 is 11.6 Å². The maximum absolute atomic E-state index is 12.8. The molecule has 0 heterocycles. The van der Waals surface area contributed by atoms with Gasteiger partial charge >= 0.3 is 0 Å². The maximum atomic E-state index is 12.8. The van der Waals surface area contributed by atoms with Crippen molar-refractivity contribution in [2.75, 3.05) is 13.2 Å². The molecule has 0 amide bonds. The fourth-order valence-electron chi connectivity index (χ4n) is 1.03. The lowest BCUT2D eigenvalue weighted by atomic mass is 10.2. The number of halogens is 2. The van der Waals surface area contributed by atoms with Gasteiger partial charge in [-0.25, -0.2) is 4.39 Å². The summed E-state index contributed by atoms with van der Waals surface area (Å²) in [6, 6.07) is 2.60. The first-order chi connectivity index (χ1) is 6.15. The van der Waals surface area contributed by atoms with Gasteiger partial charge in [0.15, 0.2) is 0 Å². The second-order valence-corrected chi connectivity index (χ2v) is 3.08. The maximum Gasteiger partial charge on any atom is 0.141 e. The Hall–Kier alpha value is -0.800. The van der Waals surface area contributed by atoms with Crippen LogP contribution in [0.2, 0.25) is 5.02 Å². The van der Waals surface area contributed by atoms with Gasteiger partial charge in [0.25, 0.3) is 0 Å². The van der Waals surface area contributed by atoms with Gasteiger partial charge in [0, 0.05) is 6.54 Å². The van der Waals surface area contributed by atoms with Gasteiger partial charge in [-0.2, -0.15) is 0 Å². The minimum atomic E-state index is -0.359. The minimum absolute atomic E-state index is 0.283. The molecule has 0 radical (unpaired) electrons. The average molecular weight is 204 g/mol. The summed E-state index contributed by atoms with van der Waals surface area (Å²) in [6.07, 6.45) is 0. The van der Waals surface area contributed by atoms with Crippen molar-refractivity contribution in [1.82, 2.24) is 0 Å². The Morgan fingerprint density at radius 3 is 2.77 bits per heavy atom. The highest BCUT2D eigenvalue weighted by molar-refractivity contribution is 6.32. The molecule has 0 aromatic heterocycles. The van der Waals surface area contributed by atoms with Gasteiger partial charge in [0.1, 0.15) is 18.2 Å². The van der Waals surface area contributed by atoms with Crippen LogP contribution in [0.3, 0.4) is 0 Å². The number of rotatable bonds is 3. The van der Waals surface area contributed by atoms with Crippen LogP contribution in [0.1, 0.15) is 5.56 Å². The summed E-state index contributed by atoms with van der Waals surface area (Å²) in [5.74, 6) is 0.149. The van der Waals surface area contributed by atoms with E-state index >= 15 is 0 Å². The first-order valence-corrected chi connectivity index (χ1v) is 4.31. The van der Waals surface area contributed by atoms with Crippen molar-refractivity contribution in [3.05, 3.63) is 28.5 Å². The van der Waals surface area contributed by atoms with Crippen molar-refractivity contribution in [3.63, 3.8) is 0 Å². The highest BCUT2D eigenvalue weighted by Crippen LogP contribution is 2.29. The molecule has 72 valence electrons. The first-order valence-electron chi connectivity index (χ1n) is 3.93. The van der Waals surface area contributed by atoms with Crippen LogP contribution in [0.15, 0.2) is 12.1 Å². The molecule has 0 saturated carbocycles. The van der Waals surface area contributed by atoms with Crippen molar-refractivity contribution in [3.8, 4) is 5.75 Å². The molecule has 1 aromatic rings. The molecule has 1 aromatic carbocycles. The van der Waals surface area contributed by atoms with E-state index in [0.717, 1.165) is 0 Å². The molecular weight excluding hydrogens is 193 g/mol. The molecule has 2 N–H and O–H groups in total. The van der Waals surface area contributed by atoms with Crippen LogP contribution < -0.4 is 10.5 Å². The van der Waals surface area contributed by atoms with Gasteiger partial charge in [0.2, 0.25) is 0 Å². The highest BCUT2D eigenvalue weighted by Gasteiger charge is 2.07. The van der Waals surface area contributed by atoms with E-state index in [2.05, 4.69) is 0 Å². The van der Waals surface area contributed by atoms with E-state index in [9.17, 15) is 4.39 Å². The van der Waals surface area contributed by atoms with Crippen molar-refractivity contribution >= 4 is 11.6 Å². The van der Waals surface area contributed by atoms with Gasteiger partial charge in [0.05, 0.1) is 5.02 Å². The van der Waals surface area contributed by atoms with Crippen molar-refractivity contribution < 1.29 is 9.13 Å². The number of ether oxygens (including phenoxy) is 1. The summed E-state index contributed by atoms with van der Waals surface area (Å²) < 4.78 is 18.0. The number of aryl methyl sites for hydroxylation is 1. The lowest BCUT2D eigenvalue weighted by Crippen LogP contribution is -2.11.